The van der Waals surface area contributed by atoms with Crippen LogP contribution in [0.25, 0.3) is 11.6 Å². The predicted molar refractivity (Wildman–Crippen MR) is 146 cm³/mol. The van der Waals surface area contributed by atoms with E-state index in [-0.39, 0.29) is 11.5 Å². The fourth-order valence-corrected chi connectivity index (χ4v) is 4.87. The summed E-state index contributed by atoms with van der Waals surface area (Å²) < 4.78 is 13.6. The first-order chi connectivity index (χ1) is 17.3. The molecule has 0 saturated carbocycles. The first-order valence-electron chi connectivity index (χ1n) is 11.5. The van der Waals surface area contributed by atoms with Crippen LogP contribution in [0.15, 0.2) is 66.7 Å². The first kappa shape index (κ1) is 24.2. The third kappa shape index (κ3) is 5.03. The topological polar surface area (TPSA) is 48.1 Å². The number of rotatable bonds is 5. The van der Waals surface area contributed by atoms with Crippen molar-refractivity contribution in [2.24, 2.45) is 0 Å². The number of anilines is 2. The van der Waals surface area contributed by atoms with Crippen molar-refractivity contribution >= 4 is 52.1 Å². The van der Waals surface area contributed by atoms with E-state index in [9.17, 15) is 9.18 Å². The summed E-state index contributed by atoms with van der Waals surface area (Å²) >= 11 is 12.4. The lowest BCUT2D eigenvalue weighted by molar-refractivity contribution is 0.102. The third-order valence-corrected chi connectivity index (χ3v) is 6.99. The average molecular weight is 520 g/mol. The average Bonchev–Trinajstić information content (AvgIpc) is 3.34. The molecular weight excluding hydrogens is 496 g/mol. The summed E-state index contributed by atoms with van der Waals surface area (Å²) in [6.07, 6.45) is 2.16. The summed E-state index contributed by atoms with van der Waals surface area (Å²) in [5, 5.41) is 3.95. The van der Waals surface area contributed by atoms with E-state index < -0.39 is 5.82 Å². The number of hydrogen-bond donors (Lipinski definition) is 2. The lowest BCUT2D eigenvalue weighted by Gasteiger charge is -2.20. The fourth-order valence-electron chi connectivity index (χ4n) is 4.55. The van der Waals surface area contributed by atoms with Gasteiger partial charge in [0.1, 0.15) is 5.82 Å². The maximum Gasteiger partial charge on any atom is 0.255 e. The zero-order valence-electron chi connectivity index (χ0n) is 19.8. The smallest absolute Gasteiger partial charge is 0.255 e. The maximum absolute atomic E-state index is 13.6. The van der Waals surface area contributed by atoms with Crippen LogP contribution in [0.2, 0.25) is 10.0 Å². The molecule has 0 radical (unpaired) electrons. The maximum atomic E-state index is 13.6. The summed E-state index contributed by atoms with van der Waals surface area (Å²) in [6, 6.07) is 19.3. The molecule has 0 fully saturated rings. The highest BCUT2D eigenvalue weighted by molar-refractivity contribution is 6.42. The van der Waals surface area contributed by atoms with E-state index in [1.165, 1.54) is 23.8 Å². The van der Waals surface area contributed by atoms with Crippen molar-refractivity contribution in [3.8, 4) is 0 Å². The van der Waals surface area contributed by atoms with Crippen LogP contribution in [0.5, 0.6) is 0 Å². The first-order valence-corrected chi connectivity index (χ1v) is 12.3. The number of hydrogen-bond acceptors (Lipinski definition) is 2. The van der Waals surface area contributed by atoms with Gasteiger partial charge in [0, 0.05) is 47.0 Å². The molecule has 0 bridgehead atoms. The molecule has 2 N–H and O–H groups in total. The number of halogens is 3. The number of H-pyrrole nitrogens is 1. The van der Waals surface area contributed by atoms with Crippen molar-refractivity contribution in [1.29, 1.82) is 0 Å². The van der Waals surface area contributed by atoms with Crippen LogP contribution < -0.4 is 10.2 Å². The molecule has 0 atom stereocenters. The van der Waals surface area contributed by atoms with Gasteiger partial charge in [-0.1, -0.05) is 35.3 Å². The highest BCUT2D eigenvalue weighted by Crippen LogP contribution is 2.40. The van der Waals surface area contributed by atoms with Gasteiger partial charge in [-0.05, 0) is 91.2 Å². The molecule has 1 aliphatic heterocycles. The standard InChI is InChI=1S/C29H24Cl2FN3O/c1-17-10-18(2)33-27(17)13-21-16-35(15-19-6-8-25(30)26(31)11-19)28-9-7-23(14-24(21)28)34-29(36)20-4-3-5-22(32)12-20/h3-14,33H,15-16H2,1-2H3,(H,34,36)/b21-13+. The number of benzene rings is 3. The summed E-state index contributed by atoms with van der Waals surface area (Å²) in [6.45, 7) is 5.45. The van der Waals surface area contributed by atoms with Gasteiger partial charge >= 0.3 is 0 Å². The van der Waals surface area contributed by atoms with Gasteiger partial charge in [-0.3, -0.25) is 4.79 Å². The fraction of sp³-hybridized carbons (Fsp3) is 0.138. The molecule has 7 heteroatoms. The van der Waals surface area contributed by atoms with Crippen molar-refractivity contribution in [3.63, 3.8) is 0 Å². The van der Waals surface area contributed by atoms with Gasteiger partial charge in [-0.15, -0.1) is 0 Å². The lowest BCUT2D eigenvalue weighted by atomic mass is 10.0. The highest BCUT2D eigenvalue weighted by atomic mass is 35.5. The Bertz CT molecular complexity index is 1510. The van der Waals surface area contributed by atoms with Gasteiger partial charge in [0.2, 0.25) is 0 Å². The molecule has 0 unspecified atom stereocenters. The Kier molecular flexibility index (Phi) is 6.61. The number of aromatic amines is 1. The Morgan fingerprint density at radius 2 is 1.89 bits per heavy atom. The molecule has 0 spiro atoms. The summed E-state index contributed by atoms with van der Waals surface area (Å²) in [5.74, 6) is -0.808. The minimum Gasteiger partial charge on any atom is -0.362 e. The molecule has 1 aromatic heterocycles. The van der Waals surface area contributed by atoms with Gasteiger partial charge in [0.05, 0.1) is 10.0 Å². The van der Waals surface area contributed by atoms with Crippen LogP contribution in [0, 0.1) is 19.7 Å². The van der Waals surface area contributed by atoms with Crippen LogP contribution in [0.3, 0.4) is 0 Å². The largest absolute Gasteiger partial charge is 0.362 e. The van der Waals surface area contributed by atoms with Gasteiger partial charge in [0.15, 0.2) is 0 Å². The quantitative estimate of drug-likeness (QED) is 0.281. The number of aromatic nitrogens is 1. The van der Waals surface area contributed by atoms with Crippen LogP contribution >= 0.6 is 23.2 Å². The summed E-state index contributed by atoms with van der Waals surface area (Å²) in [7, 11) is 0. The van der Waals surface area contributed by atoms with Gasteiger partial charge in [-0.2, -0.15) is 0 Å². The van der Waals surface area contributed by atoms with Crippen LogP contribution in [-0.2, 0) is 6.54 Å². The summed E-state index contributed by atoms with van der Waals surface area (Å²) in [5.41, 5.74) is 8.48. The van der Waals surface area contributed by atoms with Crippen molar-refractivity contribution in [2.75, 3.05) is 16.8 Å². The number of amides is 1. The van der Waals surface area contributed by atoms with E-state index >= 15 is 0 Å². The third-order valence-electron chi connectivity index (χ3n) is 6.25. The van der Waals surface area contributed by atoms with E-state index in [4.69, 9.17) is 23.2 Å². The van der Waals surface area contributed by atoms with Crippen molar-refractivity contribution in [3.05, 3.63) is 116 Å². The Hall–Kier alpha value is -3.54. The molecule has 3 aromatic carbocycles. The molecular formula is C29H24Cl2FN3O. The summed E-state index contributed by atoms with van der Waals surface area (Å²) in [4.78, 5) is 18.4. The van der Waals surface area contributed by atoms with E-state index in [0.717, 1.165) is 33.8 Å². The van der Waals surface area contributed by atoms with Gasteiger partial charge in [-0.25, -0.2) is 4.39 Å². The Morgan fingerprint density at radius 1 is 1.06 bits per heavy atom. The molecule has 2 heterocycles. The number of fused-ring (bicyclic) bond motifs is 1. The molecule has 182 valence electrons. The molecule has 36 heavy (non-hydrogen) atoms. The van der Waals surface area contributed by atoms with Crippen LogP contribution in [0.4, 0.5) is 15.8 Å². The number of nitrogens with zero attached hydrogens (tertiary/aromatic N) is 1. The number of aryl methyl sites for hydroxylation is 2. The Balaban J connectivity index is 1.49. The molecule has 5 rings (SSSR count). The van der Waals surface area contributed by atoms with E-state index in [1.54, 1.807) is 6.07 Å². The van der Waals surface area contributed by atoms with E-state index in [1.807, 2.05) is 43.3 Å². The monoisotopic (exact) mass is 519 g/mol. The normalized spacial score (nSPS) is 13.8. The van der Waals surface area contributed by atoms with E-state index in [0.29, 0.717) is 28.8 Å². The number of carbonyl (C=O) groups is 1. The van der Waals surface area contributed by atoms with E-state index in [2.05, 4.69) is 34.3 Å². The van der Waals surface area contributed by atoms with Gasteiger partial charge < -0.3 is 15.2 Å². The molecule has 1 aliphatic rings. The van der Waals surface area contributed by atoms with Crippen molar-refractivity contribution in [1.82, 2.24) is 4.98 Å². The van der Waals surface area contributed by atoms with Crippen LogP contribution in [-0.4, -0.2) is 17.4 Å². The second-order valence-corrected chi connectivity index (χ2v) is 9.83. The Morgan fingerprint density at radius 3 is 2.61 bits per heavy atom. The number of nitrogens with one attached hydrogen (secondary N) is 2. The SMILES string of the molecule is Cc1cc(C)c(/C=C2\CN(Cc3ccc(Cl)c(Cl)c3)c3ccc(NC(=O)c4cccc(F)c4)cc32)[nH]1. The molecule has 0 aliphatic carbocycles. The predicted octanol–water partition coefficient (Wildman–Crippen LogP) is 7.89. The molecule has 4 nitrogen and oxygen atoms in total. The van der Waals surface area contributed by atoms with Crippen molar-refractivity contribution < 1.29 is 9.18 Å². The molecule has 0 saturated heterocycles. The highest BCUT2D eigenvalue weighted by Gasteiger charge is 2.25. The zero-order chi connectivity index (χ0) is 25.4. The molecule has 4 aromatic rings. The number of carbonyl (C=O) groups excluding carboxylic acids is 1. The second-order valence-electron chi connectivity index (χ2n) is 9.02. The zero-order valence-corrected chi connectivity index (χ0v) is 21.3. The molecule has 1 amide bonds. The second kappa shape index (κ2) is 9.84. The van der Waals surface area contributed by atoms with Crippen LogP contribution in [0.1, 0.15) is 38.4 Å². The Labute approximate surface area is 219 Å². The van der Waals surface area contributed by atoms with Gasteiger partial charge in [0.25, 0.3) is 5.91 Å². The minimum absolute atomic E-state index is 0.269. The van der Waals surface area contributed by atoms with Crippen molar-refractivity contribution in [2.45, 2.75) is 20.4 Å². The minimum atomic E-state index is -0.448. The lowest BCUT2D eigenvalue weighted by Crippen LogP contribution is -2.19.